The van der Waals surface area contributed by atoms with E-state index in [4.69, 9.17) is 9.47 Å². The number of methoxy groups -OCH3 is 1. The maximum Gasteiger partial charge on any atom is 0.292 e. The number of amides is 2. The fourth-order valence-corrected chi connectivity index (χ4v) is 3.24. The fourth-order valence-electron chi connectivity index (χ4n) is 3.24. The second-order valence-electron chi connectivity index (χ2n) is 6.21. The minimum Gasteiger partial charge on any atom is -0.497 e. The summed E-state index contributed by atoms with van der Waals surface area (Å²) in [6, 6.07) is 6.70. The van der Waals surface area contributed by atoms with Crippen molar-refractivity contribution in [3.8, 4) is 5.75 Å². The Hall–Kier alpha value is -1.96. The van der Waals surface area contributed by atoms with E-state index in [9.17, 15) is 9.59 Å². The molecule has 2 fully saturated rings. The molecule has 0 radical (unpaired) electrons. The van der Waals surface area contributed by atoms with Gasteiger partial charge in [0.15, 0.2) is 6.04 Å². The molecule has 130 valence electrons. The molecule has 7 heteroatoms. The van der Waals surface area contributed by atoms with E-state index in [1.54, 1.807) is 31.4 Å². The Balaban J connectivity index is 1.54. The van der Waals surface area contributed by atoms with Crippen LogP contribution in [-0.2, 0) is 14.3 Å². The second-order valence-corrected chi connectivity index (χ2v) is 6.21. The van der Waals surface area contributed by atoms with Crippen LogP contribution in [0.3, 0.4) is 0 Å². The third-order valence-corrected chi connectivity index (χ3v) is 4.66. The normalized spacial score (nSPS) is 22.2. The van der Waals surface area contributed by atoms with Crippen molar-refractivity contribution >= 4 is 17.5 Å². The molecule has 3 rings (SSSR count). The van der Waals surface area contributed by atoms with Gasteiger partial charge in [-0.2, -0.15) is 0 Å². The quantitative estimate of drug-likeness (QED) is 0.579. The molecule has 2 heterocycles. The van der Waals surface area contributed by atoms with E-state index < -0.39 is 0 Å². The van der Waals surface area contributed by atoms with Gasteiger partial charge in [-0.25, -0.2) is 4.90 Å². The zero-order chi connectivity index (χ0) is 16.9. The summed E-state index contributed by atoms with van der Waals surface area (Å²) in [5, 5.41) is 2.01. The van der Waals surface area contributed by atoms with E-state index in [2.05, 4.69) is 0 Å². The van der Waals surface area contributed by atoms with Gasteiger partial charge < -0.3 is 19.7 Å². The lowest BCUT2D eigenvalue weighted by molar-refractivity contribution is -0.920. The van der Waals surface area contributed by atoms with Crippen LogP contribution in [0.25, 0.3) is 0 Å². The Morgan fingerprint density at radius 2 is 1.96 bits per heavy atom. The van der Waals surface area contributed by atoms with E-state index in [1.165, 1.54) is 9.80 Å². The van der Waals surface area contributed by atoms with Crippen molar-refractivity contribution in [3.63, 3.8) is 0 Å². The summed E-state index contributed by atoms with van der Waals surface area (Å²) >= 11 is 0. The number of hydrogen-bond donors (Lipinski definition) is 2. The number of carbonyl (C=O) groups is 2. The Labute approximate surface area is 141 Å². The van der Waals surface area contributed by atoms with Gasteiger partial charge in [0.2, 0.25) is 5.91 Å². The number of nitrogens with one attached hydrogen (secondary N) is 1. The van der Waals surface area contributed by atoms with Crippen molar-refractivity contribution in [1.82, 2.24) is 0 Å². The van der Waals surface area contributed by atoms with Gasteiger partial charge in [0.05, 0.1) is 32.4 Å². The van der Waals surface area contributed by atoms with Crippen molar-refractivity contribution < 1.29 is 29.3 Å². The summed E-state index contributed by atoms with van der Waals surface area (Å²) in [5.74, 6) is 0.446. The first kappa shape index (κ1) is 16.9. The summed E-state index contributed by atoms with van der Waals surface area (Å²) in [6.07, 6.45) is 0.267. The molecule has 1 atom stereocenters. The van der Waals surface area contributed by atoms with E-state index >= 15 is 0 Å². The number of nitrogens with zero attached hydrogens (tertiary/aromatic N) is 1. The van der Waals surface area contributed by atoms with Crippen molar-refractivity contribution in [3.05, 3.63) is 24.3 Å². The van der Waals surface area contributed by atoms with Crippen molar-refractivity contribution in [2.45, 2.75) is 12.5 Å². The third-order valence-electron chi connectivity index (χ3n) is 4.66. The number of imide groups is 1. The van der Waals surface area contributed by atoms with Gasteiger partial charge in [0.25, 0.3) is 5.91 Å². The average Bonchev–Trinajstić information content (AvgIpc) is 2.90. The van der Waals surface area contributed by atoms with Crippen LogP contribution >= 0.6 is 0 Å². The van der Waals surface area contributed by atoms with E-state index in [-0.39, 0.29) is 24.3 Å². The number of rotatable bonds is 6. The molecule has 0 spiro atoms. The van der Waals surface area contributed by atoms with Gasteiger partial charge in [0.1, 0.15) is 31.9 Å². The molecule has 3 N–H and O–H groups in total. The predicted octanol–water partition coefficient (Wildman–Crippen LogP) is -2.19. The van der Waals surface area contributed by atoms with Crippen molar-refractivity contribution in [1.29, 1.82) is 0 Å². The molecule has 0 unspecified atom stereocenters. The fraction of sp³-hybridized carbons (Fsp3) is 0.529. The zero-order valence-electron chi connectivity index (χ0n) is 14.0. The molecule has 2 saturated heterocycles. The SMILES string of the molecule is COc1ccc(N2C(=O)C[C@@H]([NH2+]CC[NH+]3CCOCC3)C2=O)cc1. The third kappa shape index (κ3) is 3.75. The van der Waals surface area contributed by atoms with Crippen molar-refractivity contribution in [2.24, 2.45) is 0 Å². The monoisotopic (exact) mass is 335 g/mol. The minimum atomic E-state index is -0.306. The van der Waals surface area contributed by atoms with Crippen LogP contribution < -0.4 is 19.9 Å². The maximum atomic E-state index is 12.6. The first-order chi connectivity index (χ1) is 11.7. The van der Waals surface area contributed by atoms with Crippen LogP contribution in [0.15, 0.2) is 24.3 Å². The van der Waals surface area contributed by atoms with Gasteiger partial charge in [-0.15, -0.1) is 0 Å². The molecule has 2 aliphatic rings. The number of nitrogens with two attached hydrogens (primary N) is 1. The molecule has 24 heavy (non-hydrogen) atoms. The molecule has 2 aliphatic heterocycles. The topological polar surface area (TPSA) is 76.9 Å². The number of quaternary nitrogens is 2. The molecule has 0 aliphatic carbocycles. The number of carbonyl (C=O) groups excluding carboxylic acids is 2. The largest absolute Gasteiger partial charge is 0.497 e. The van der Waals surface area contributed by atoms with Crippen LogP contribution in [0.4, 0.5) is 5.69 Å². The summed E-state index contributed by atoms with van der Waals surface area (Å²) in [6.45, 7) is 5.48. The summed E-state index contributed by atoms with van der Waals surface area (Å²) in [4.78, 5) is 27.6. The Bertz CT molecular complexity index is 584. The number of ether oxygens (including phenoxy) is 2. The molecule has 7 nitrogen and oxygen atoms in total. The van der Waals surface area contributed by atoms with Gasteiger partial charge in [-0.05, 0) is 24.3 Å². The molecule has 0 saturated carbocycles. The van der Waals surface area contributed by atoms with E-state index in [1.807, 2.05) is 5.32 Å². The van der Waals surface area contributed by atoms with Gasteiger partial charge in [-0.1, -0.05) is 0 Å². The number of hydrogen-bond acceptors (Lipinski definition) is 4. The minimum absolute atomic E-state index is 0.123. The highest BCUT2D eigenvalue weighted by atomic mass is 16.5. The first-order valence-electron chi connectivity index (χ1n) is 8.44. The number of morpholine rings is 1. The highest BCUT2D eigenvalue weighted by Crippen LogP contribution is 2.24. The highest BCUT2D eigenvalue weighted by molar-refractivity contribution is 6.21. The Morgan fingerprint density at radius 3 is 2.62 bits per heavy atom. The van der Waals surface area contributed by atoms with Crippen LogP contribution in [0.2, 0.25) is 0 Å². The standard InChI is InChI=1S/C17H23N3O4/c1-23-14-4-2-13(3-5-14)20-16(21)12-15(17(20)22)18-6-7-19-8-10-24-11-9-19/h2-5,15,18H,6-12H2,1H3/p+2/t15-/m1/s1. The summed E-state index contributed by atoms with van der Waals surface area (Å²) < 4.78 is 10.5. The van der Waals surface area contributed by atoms with E-state index in [0.29, 0.717) is 11.4 Å². The van der Waals surface area contributed by atoms with Gasteiger partial charge in [-0.3, -0.25) is 9.59 Å². The average molecular weight is 335 g/mol. The number of anilines is 1. The molecule has 0 aromatic heterocycles. The van der Waals surface area contributed by atoms with Crippen molar-refractivity contribution in [2.75, 3.05) is 51.4 Å². The van der Waals surface area contributed by atoms with Crippen LogP contribution in [-0.4, -0.2) is 64.4 Å². The van der Waals surface area contributed by atoms with Crippen LogP contribution in [0, 0.1) is 0 Å². The smallest absolute Gasteiger partial charge is 0.292 e. The Kier molecular flexibility index (Phi) is 5.44. The lowest BCUT2D eigenvalue weighted by Gasteiger charge is -2.23. The van der Waals surface area contributed by atoms with E-state index in [0.717, 1.165) is 39.4 Å². The zero-order valence-corrected chi connectivity index (χ0v) is 14.0. The highest BCUT2D eigenvalue weighted by Gasteiger charge is 2.42. The lowest BCUT2D eigenvalue weighted by Crippen LogP contribution is -3.16. The molecule has 1 aromatic rings. The Morgan fingerprint density at radius 1 is 1.25 bits per heavy atom. The second kappa shape index (κ2) is 7.74. The summed E-state index contributed by atoms with van der Waals surface area (Å²) in [5.41, 5.74) is 0.612. The molecular weight excluding hydrogens is 310 g/mol. The van der Waals surface area contributed by atoms with Crippen LogP contribution in [0.1, 0.15) is 6.42 Å². The van der Waals surface area contributed by atoms with Crippen LogP contribution in [0.5, 0.6) is 5.75 Å². The molecule has 0 bridgehead atoms. The number of benzene rings is 1. The predicted molar refractivity (Wildman–Crippen MR) is 87.1 cm³/mol. The van der Waals surface area contributed by atoms with Gasteiger partial charge in [0, 0.05) is 0 Å². The molecular formula is C17H25N3O4+2. The maximum absolute atomic E-state index is 12.6. The van der Waals surface area contributed by atoms with Gasteiger partial charge >= 0.3 is 0 Å². The lowest BCUT2D eigenvalue weighted by atomic mass is 10.2. The summed E-state index contributed by atoms with van der Waals surface area (Å²) in [7, 11) is 1.59. The first-order valence-corrected chi connectivity index (χ1v) is 8.44. The molecule has 2 amide bonds. The molecule has 1 aromatic carbocycles.